The van der Waals surface area contributed by atoms with E-state index in [4.69, 9.17) is 14.2 Å². The number of hydrogen-bond acceptors (Lipinski definition) is 5. The Morgan fingerprint density at radius 3 is 2.28 bits per heavy atom. The molecule has 138 valence electrons. The van der Waals surface area contributed by atoms with Gasteiger partial charge < -0.3 is 24.0 Å². The Morgan fingerprint density at radius 2 is 1.72 bits per heavy atom. The van der Waals surface area contributed by atoms with Gasteiger partial charge in [0.1, 0.15) is 0 Å². The molecule has 6 nitrogen and oxygen atoms in total. The van der Waals surface area contributed by atoms with Crippen LogP contribution in [0.1, 0.15) is 18.9 Å². The van der Waals surface area contributed by atoms with E-state index in [2.05, 4.69) is 11.8 Å². The van der Waals surface area contributed by atoms with Gasteiger partial charge in [-0.3, -0.25) is 4.79 Å². The maximum absolute atomic E-state index is 12.5. The molecular weight excluding hydrogens is 320 g/mol. The number of nitrogens with zero attached hydrogens (tertiary/aromatic N) is 2. The first-order valence-electron chi connectivity index (χ1n) is 8.62. The van der Waals surface area contributed by atoms with Crippen molar-refractivity contribution < 1.29 is 19.0 Å². The molecule has 1 aromatic rings. The zero-order valence-corrected chi connectivity index (χ0v) is 15.6. The lowest BCUT2D eigenvalue weighted by Crippen LogP contribution is -2.34. The predicted octanol–water partition coefficient (Wildman–Crippen LogP) is 2.28. The summed E-state index contributed by atoms with van der Waals surface area (Å²) in [6.07, 6.45) is 4.41. The van der Waals surface area contributed by atoms with Gasteiger partial charge in [0.25, 0.3) is 0 Å². The van der Waals surface area contributed by atoms with Gasteiger partial charge in [0.15, 0.2) is 11.5 Å². The van der Waals surface area contributed by atoms with Crippen LogP contribution in [0.15, 0.2) is 18.2 Å². The molecule has 1 fully saturated rings. The molecule has 1 amide bonds. The van der Waals surface area contributed by atoms with E-state index in [1.807, 2.05) is 17.0 Å². The fourth-order valence-corrected chi connectivity index (χ4v) is 2.98. The lowest BCUT2D eigenvalue weighted by molar-refractivity contribution is -0.125. The van der Waals surface area contributed by atoms with Crippen molar-refractivity contribution >= 4 is 12.0 Å². The summed E-state index contributed by atoms with van der Waals surface area (Å²) in [5.41, 5.74) is 0.827. The van der Waals surface area contributed by atoms with Gasteiger partial charge in [0, 0.05) is 25.7 Å². The third-order valence-corrected chi connectivity index (χ3v) is 4.45. The molecule has 1 heterocycles. The third kappa shape index (κ3) is 4.89. The monoisotopic (exact) mass is 348 g/mol. The molecule has 0 saturated carbocycles. The van der Waals surface area contributed by atoms with E-state index in [9.17, 15) is 4.79 Å². The number of carbonyl (C=O) groups is 1. The Labute approximate surface area is 150 Å². The van der Waals surface area contributed by atoms with Crippen LogP contribution in [0.2, 0.25) is 0 Å². The molecule has 0 aliphatic carbocycles. The van der Waals surface area contributed by atoms with Crippen LogP contribution < -0.4 is 14.2 Å². The summed E-state index contributed by atoms with van der Waals surface area (Å²) in [6, 6.07) is 3.65. The molecule has 6 heteroatoms. The SMILES string of the molecule is CCN1CCCN(C(=O)/C=C\c2cc(OC)c(OC)c(OC)c2)CC1. The van der Waals surface area contributed by atoms with E-state index in [-0.39, 0.29) is 5.91 Å². The smallest absolute Gasteiger partial charge is 0.246 e. The summed E-state index contributed by atoms with van der Waals surface area (Å²) in [5, 5.41) is 0. The highest BCUT2D eigenvalue weighted by Crippen LogP contribution is 2.38. The topological polar surface area (TPSA) is 51.2 Å². The Hall–Kier alpha value is -2.21. The lowest BCUT2D eigenvalue weighted by atomic mass is 10.1. The zero-order chi connectivity index (χ0) is 18.2. The van der Waals surface area contributed by atoms with Crippen molar-refractivity contribution in [1.29, 1.82) is 0 Å². The van der Waals surface area contributed by atoms with Crippen LogP contribution in [0.4, 0.5) is 0 Å². The second-order valence-corrected chi connectivity index (χ2v) is 5.91. The number of likely N-dealkylation sites (N-methyl/N-ethyl adjacent to an activating group) is 1. The van der Waals surface area contributed by atoms with E-state index in [1.54, 1.807) is 33.5 Å². The molecular formula is C19H28N2O4. The number of rotatable bonds is 6. The highest BCUT2D eigenvalue weighted by molar-refractivity contribution is 5.92. The highest BCUT2D eigenvalue weighted by atomic mass is 16.5. The van der Waals surface area contributed by atoms with Crippen molar-refractivity contribution in [2.75, 3.05) is 54.1 Å². The van der Waals surface area contributed by atoms with Gasteiger partial charge in [-0.15, -0.1) is 0 Å². The van der Waals surface area contributed by atoms with Gasteiger partial charge in [0.2, 0.25) is 11.7 Å². The van der Waals surface area contributed by atoms with Crippen molar-refractivity contribution in [3.8, 4) is 17.2 Å². The summed E-state index contributed by atoms with van der Waals surface area (Å²) < 4.78 is 16.0. The van der Waals surface area contributed by atoms with Crippen molar-refractivity contribution in [3.05, 3.63) is 23.8 Å². The Kier molecular flexibility index (Phi) is 7.13. The van der Waals surface area contributed by atoms with Gasteiger partial charge in [-0.05, 0) is 43.3 Å². The highest BCUT2D eigenvalue weighted by Gasteiger charge is 2.17. The first-order chi connectivity index (χ1) is 12.1. The number of ether oxygens (including phenoxy) is 3. The summed E-state index contributed by atoms with van der Waals surface area (Å²) in [7, 11) is 4.72. The molecule has 0 atom stereocenters. The quantitative estimate of drug-likeness (QED) is 0.738. The molecule has 1 aromatic carbocycles. The van der Waals surface area contributed by atoms with Crippen LogP contribution in [0.3, 0.4) is 0 Å². The molecule has 0 unspecified atom stereocenters. The summed E-state index contributed by atoms with van der Waals surface area (Å²) in [4.78, 5) is 16.8. The minimum Gasteiger partial charge on any atom is -0.493 e. The van der Waals surface area contributed by atoms with Crippen LogP contribution in [0, 0.1) is 0 Å². The average molecular weight is 348 g/mol. The van der Waals surface area contributed by atoms with Gasteiger partial charge in [0.05, 0.1) is 21.3 Å². The molecule has 1 saturated heterocycles. The number of methoxy groups -OCH3 is 3. The Balaban J connectivity index is 2.11. The summed E-state index contributed by atoms with van der Waals surface area (Å²) >= 11 is 0. The van der Waals surface area contributed by atoms with Gasteiger partial charge >= 0.3 is 0 Å². The Morgan fingerprint density at radius 1 is 1.04 bits per heavy atom. The minimum absolute atomic E-state index is 0.0340. The van der Waals surface area contributed by atoms with E-state index in [0.29, 0.717) is 17.2 Å². The molecule has 25 heavy (non-hydrogen) atoms. The fourth-order valence-electron chi connectivity index (χ4n) is 2.98. The van der Waals surface area contributed by atoms with Gasteiger partial charge in [-0.25, -0.2) is 0 Å². The molecule has 2 rings (SSSR count). The normalized spacial score (nSPS) is 15.9. The van der Waals surface area contributed by atoms with E-state index in [1.165, 1.54) is 0 Å². The van der Waals surface area contributed by atoms with Crippen molar-refractivity contribution in [1.82, 2.24) is 9.80 Å². The molecule has 0 spiro atoms. The van der Waals surface area contributed by atoms with Crippen molar-refractivity contribution in [3.63, 3.8) is 0 Å². The second-order valence-electron chi connectivity index (χ2n) is 5.91. The van der Waals surface area contributed by atoms with Crippen molar-refractivity contribution in [2.45, 2.75) is 13.3 Å². The number of carbonyl (C=O) groups excluding carboxylic acids is 1. The second kappa shape index (κ2) is 9.32. The zero-order valence-electron chi connectivity index (χ0n) is 15.6. The van der Waals surface area contributed by atoms with Crippen molar-refractivity contribution in [2.24, 2.45) is 0 Å². The summed E-state index contributed by atoms with van der Waals surface area (Å²) in [6.45, 7) is 6.74. The third-order valence-electron chi connectivity index (χ3n) is 4.45. The minimum atomic E-state index is 0.0340. The fraction of sp³-hybridized carbons (Fsp3) is 0.526. The van der Waals surface area contributed by atoms with Crippen LogP contribution in [0.5, 0.6) is 17.2 Å². The van der Waals surface area contributed by atoms with E-state index >= 15 is 0 Å². The molecule has 0 aromatic heterocycles. The van der Waals surface area contributed by atoms with Crippen LogP contribution in [0.25, 0.3) is 6.08 Å². The first kappa shape index (κ1) is 19.1. The van der Waals surface area contributed by atoms with Crippen LogP contribution in [-0.2, 0) is 4.79 Å². The molecule has 0 bridgehead atoms. The number of hydrogen-bond donors (Lipinski definition) is 0. The average Bonchev–Trinajstić information content (AvgIpc) is 2.90. The molecule has 1 aliphatic rings. The van der Waals surface area contributed by atoms with Crippen LogP contribution in [-0.4, -0.2) is 69.8 Å². The van der Waals surface area contributed by atoms with Gasteiger partial charge in [-0.2, -0.15) is 0 Å². The maximum atomic E-state index is 12.5. The van der Waals surface area contributed by atoms with Crippen LogP contribution >= 0.6 is 0 Å². The maximum Gasteiger partial charge on any atom is 0.246 e. The molecule has 0 radical (unpaired) electrons. The standard InChI is InChI=1S/C19H28N2O4/c1-5-20-9-6-10-21(12-11-20)18(22)8-7-15-13-16(23-2)19(25-4)17(14-15)24-3/h7-8,13-14H,5-6,9-12H2,1-4H3/b8-7-. The van der Waals surface area contributed by atoms with E-state index in [0.717, 1.165) is 44.7 Å². The Bertz CT molecular complexity index is 590. The first-order valence-corrected chi connectivity index (χ1v) is 8.62. The molecule has 0 N–H and O–H groups in total. The summed E-state index contributed by atoms with van der Waals surface area (Å²) in [5.74, 6) is 1.72. The predicted molar refractivity (Wildman–Crippen MR) is 98.4 cm³/mol. The van der Waals surface area contributed by atoms with Gasteiger partial charge in [-0.1, -0.05) is 6.92 Å². The largest absolute Gasteiger partial charge is 0.493 e. The number of benzene rings is 1. The molecule has 1 aliphatic heterocycles. The van der Waals surface area contributed by atoms with E-state index < -0.39 is 0 Å². The number of amides is 1. The lowest BCUT2D eigenvalue weighted by Gasteiger charge is -2.19.